The third-order valence-electron chi connectivity index (χ3n) is 3.26. The standard InChI is InChI=1S/C14H17N3S/c1-2-12-16-13(11-8-9-18-14(11)17-12)15-10-6-4-3-5-7-10/h4,6,8-10H,2-3,5,7H2,1H3,(H,15,16,17). The molecule has 1 atom stereocenters. The predicted octanol–water partition coefficient (Wildman–Crippen LogP) is 3.77. The molecule has 94 valence electrons. The van der Waals surface area contributed by atoms with Crippen molar-refractivity contribution in [1.29, 1.82) is 0 Å². The number of nitrogens with zero attached hydrogens (tertiary/aromatic N) is 2. The second-order valence-corrected chi connectivity index (χ2v) is 5.49. The lowest BCUT2D eigenvalue weighted by molar-refractivity contribution is 0.671. The molecule has 0 saturated carbocycles. The van der Waals surface area contributed by atoms with Gasteiger partial charge in [0.05, 0.1) is 5.39 Å². The molecule has 0 fully saturated rings. The summed E-state index contributed by atoms with van der Waals surface area (Å²) in [6, 6.07) is 2.52. The van der Waals surface area contributed by atoms with Gasteiger partial charge < -0.3 is 5.32 Å². The highest BCUT2D eigenvalue weighted by molar-refractivity contribution is 7.16. The van der Waals surface area contributed by atoms with Gasteiger partial charge in [0.25, 0.3) is 0 Å². The van der Waals surface area contributed by atoms with Gasteiger partial charge in [-0.3, -0.25) is 0 Å². The molecule has 1 unspecified atom stereocenters. The van der Waals surface area contributed by atoms with Crippen LogP contribution in [0.3, 0.4) is 0 Å². The van der Waals surface area contributed by atoms with Crippen LogP contribution in [0.2, 0.25) is 0 Å². The molecule has 1 N–H and O–H groups in total. The molecule has 0 aromatic carbocycles. The van der Waals surface area contributed by atoms with Crippen LogP contribution in [0.1, 0.15) is 32.0 Å². The van der Waals surface area contributed by atoms with Crippen molar-refractivity contribution in [3.63, 3.8) is 0 Å². The maximum absolute atomic E-state index is 4.64. The van der Waals surface area contributed by atoms with E-state index < -0.39 is 0 Å². The monoisotopic (exact) mass is 259 g/mol. The van der Waals surface area contributed by atoms with Gasteiger partial charge in [-0.25, -0.2) is 9.97 Å². The number of hydrogen-bond donors (Lipinski definition) is 1. The molecule has 0 bridgehead atoms. The van der Waals surface area contributed by atoms with Crippen LogP contribution in [0.25, 0.3) is 10.2 Å². The van der Waals surface area contributed by atoms with Crippen LogP contribution < -0.4 is 5.32 Å². The maximum atomic E-state index is 4.64. The van der Waals surface area contributed by atoms with Crippen molar-refractivity contribution in [1.82, 2.24) is 9.97 Å². The molecule has 2 aromatic rings. The zero-order valence-electron chi connectivity index (χ0n) is 10.5. The van der Waals surface area contributed by atoms with Crippen molar-refractivity contribution < 1.29 is 0 Å². The number of aromatic nitrogens is 2. The van der Waals surface area contributed by atoms with Crippen molar-refractivity contribution in [2.24, 2.45) is 0 Å². The largest absolute Gasteiger partial charge is 0.363 e. The molecule has 2 aromatic heterocycles. The van der Waals surface area contributed by atoms with Crippen molar-refractivity contribution in [2.75, 3.05) is 5.32 Å². The van der Waals surface area contributed by atoms with E-state index in [0.717, 1.165) is 28.3 Å². The summed E-state index contributed by atoms with van der Waals surface area (Å²) in [4.78, 5) is 10.3. The van der Waals surface area contributed by atoms with Gasteiger partial charge in [-0.2, -0.15) is 0 Å². The van der Waals surface area contributed by atoms with Gasteiger partial charge in [-0.15, -0.1) is 11.3 Å². The van der Waals surface area contributed by atoms with Gasteiger partial charge >= 0.3 is 0 Å². The Morgan fingerprint density at radius 3 is 3.17 bits per heavy atom. The molecule has 0 aliphatic heterocycles. The molecular weight excluding hydrogens is 242 g/mol. The predicted molar refractivity (Wildman–Crippen MR) is 77.2 cm³/mol. The lowest BCUT2D eigenvalue weighted by Gasteiger charge is -2.19. The van der Waals surface area contributed by atoms with Crippen molar-refractivity contribution in [2.45, 2.75) is 38.6 Å². The SMILES string of the molecule is CCc1nc(NC2C=CCCC2)c2ccsc2n1. The highest BCUT2D eigenvalue weighted by Gasteiger charge is 2.13. The summed E-state index contributed by atoms with van der Waals surface area (Å²) in [5, 5.41) is 6.79. The quantitative estimate of drug-likeness (QED) is 0.853. The number of allylic oxidation sites excluding steroid dienone is 1. The first kappa shape index (κ1) is 11.7. The number of fused-ring (bicyclic) bond motifs is 1. The number of anilines is 1. The molecule has 1 aliphatic rings. The Morgan fingerprint density at radius 2 is 2.39 bits per heavy atom. The maximum Gasteiger partial charge on any atom is 0.138 e. The van der Waals surface area contributed by atoms with Gasteiger partial charge in [0, 0.05) is 12.5 Å². The molecule has 0 spiro atoms. The summed E-state index contributed by atoms with van der Waals surface area (Å²) < 4.78 is 0. The molecule has 18 heavy (non-hydrogen) atoms. The van der Waals surface area contributed by atoms with E-state index in [9.17, 15) is 0 Å². The second kappa shape index (κ2) is 5.06. The van der Waals surface area contributed by atoms with Crippen LogP contribution in [0.4, 0.5) is 5.82 Å². The van der Waals surface area contributed by atoms with E-state index in [1.165, 1.54) is 19.3 Å². The molecule has 1 aliphatic carbocycles. The van der Waals surface area contributed by atoms with Crippen LogP contribution in [0.5, 0.6) is 0 Å². The van der Waals surface area contributed by atoms with Crippen LogP contribution >= 0.6 is 11.3 Å². The van der Waals surface area contributed by atoms with Gasteiger partial charge in [0.15, 0.2) is 0 Å². The number of nitrogens with one attached hydrogen (secondary N) is 1. The van der Waals surface area contributed by atoms with E-state index in [2.05, 4.69) is 45.8 Å². The van der Waals surface area contributed by atoms with Gasteiger partial charge in [0.1, 0.15) is 16.5 Å². The fourth-order valence-corrected chi connectivity index (χ4v) is 3.06. The number of rotatable bonds is 3. The fourth-order valence-electron chi connectivity index (χ4n) is 2.28. The van der Waals surface area contributed by atoms with Crippen LogP contribution in [0.15, 0.2) is 23.6 Å². The zero-order valence-corrected chi connectivity index (χ0v) is 11.3. The smallest absolute Gasteiger partial charge is 0.138 e. The van der Waals surface area contributed by atoms with Gasteiger partial charge in [-0.1, -0.05) is 19.1 Å². The normalized spacial score (nSPS) is 19.3. The fraction of sp³-hybridized carbons (Fsp3) is 0.429. The topological polar surface area (TPSA) is 37.8 Å². The highest BCUT2D eigenvalue weighted by Crippen LogP contribution is 2.27. The Kier molecular flexibility index (Phi) is 3.28. The molecule has 0 saturated heterocycles. The lowest BCUT2D eigenvalue weighted by atomic mass is 10.0. The summed E-state index contributed by atoms with van der Waals surface area (Å²) >= 11 is 1.68. The summed E-state index contributed by atoms with van der Waals surface area (Å²) in [7, 11) is 0. The van der Waals surface area contributed by atoms with Crippen LogP contribution in [-0.4, -0.2) is 16.0 Å². The third kappa shape index (κ3) is 2.25. The zero-order chi connectivity index (χ0) is 12.4. The Bertz CT molecular complexity index is 573. The van der Waals surface area contributed by atoms with Gasteiger partial charge in [-0.05, 0) is 30.7 Å². The van der Waals surface area contributed by atoms with E-state index in [0.29, 0.717) is 6.04 Å². The van der Waals surface area contributed by atoms with Crippen molar-refractivity contribution in [3.05, 3.63) is 29.4 Å². The average molecular weight is 259 g/mol. The van der Waals surface area contributed by atoms with E-state index >= 15 is 0 Å². The molecule has 3 nitrogen and oxygen atoms in total. The molecule has 3 rings (SSSR count). The third-order valence-corrected chi connectivity index (χ3v) is 4.07. The summed E-state index contributed by atoms with van der Waals surface area (Å²) in [5.74, 6) is 1.92. The number of hydrogen-bond acceptors (Lipinski definition) is 4. The molecule has 4 heteroatoms. The summed E-state index contributed by atoms with van der Waals surface area (Å²) in [5.41, 5.74) is 0. The Morgan fingerprint density at radius 1 is 1.44 bits per heavy atom. The Hall–Kier alpha value is -1.42. The summed E-state index contributed by atoms with van der Waals surface area (Å²) in [6.07, 6.45) is 9.04. The Labute approximate surface area is 111 Å². The first-order valence-electron chi connectivity index (χ1n) is 6.54. The summed E-state index contributed by atoms with van der Waals surface area (Å²) in [6.45, 7) is 2.10. The van der Waals surface area contributed by atoms with Crippen LogP contribution in [0, 0.1) is 0 Å². The first-order valence-corrected chi connectivity index (χ1v) is 7.42. The average Bonchev–Trinajstić information content (AvgIpc) is 2.88. The minimum absolute atomic E-state index is 0.418. The van der Waals surface area contributed by atoms with Crippen molar-refractivity contribution >= 4 is 27.4 Å². The molecule has 0 radical (unpaired) electrons. The van der Waals surface area contributed by atoms with Crippen LogP contribution in [-0.2, 0) is 6.42 Å². The first-order chi connectivity index (χ1) is 8.86. The van der Waals surface area contributed by atoms with E-state index in [1.54, 1.807) is 11.3 Å². The highest BCUT2D eigenvalue weighted by atomic mass is 32.1. The van der Waals surface area contributed by atoms with E-state index in [1.807, 2.05) is 0 Å². The number of aryl methyl sites for hydroxylation is 1. The molecular formula is C14H17N3S. The van der Waals surface area contributed by atoms with E-state index in [-0.39, 0.29) is 0 Å². The Balaban J connectivity index is 1.96. The second-order valence-electron chi connectivity index (χ2n) is 4.59. The number of thiophene rings is 1. The minimum Gasteiger partial charge on any atom is -0.363 e. The molecule has 0 amide bonds. The van der Waals surface area contributed by atoms with E-state index in [4.69, 9.17) is 0 Å². The minimum atomic E-state index is 0.418. The molecule has 2 heterocycles. The lowest BCUT2D eigenvalue weighted by Crippen LogP contribution is -2.20. The van der Waals surface area contributed by atoms with Gasteiger partial charge in [0.2, 0.25) is 0 Å². The van der Waals surface area contributed by atoms with Crippen molar-refractivity contribution in [3.8, 4) is 0 Å².